The number of nitrogens with one attached hydrogen (secondary N) is 1. The molecule has 0 fully saturated rings. The number of aliphatic hydroxyl groups excluding tert-OH is 1. The number of benzene rings is 1. The van der Waals surface area contributed by atoms with Crippen molar-refractivity contribution < 1.29 is 14.3 Å². The predicted molar refractivity (Wildman–Crippen MR) is 71.0 cm³/mol. The average molecular weight is 264 g/mol. The number of hydrogen-bond acceptors (Lipinski definition) is 4. The summed E-state index contributed by atoms with van der Waals surface area (Å²) in [6, 6.07) is 4.99. The van der Waals surface area contributed by atoms with Gasteiger partial charge in [-0.1, -0.05) is 6.92 Å². The van der Waals surface area contributed by atoms with Gasteiger partial charge in [0.2, 0.25) is 5.91 Å². The number of aromatic nitrogens is 1. The van der Waals surface area contributed by atoms with Gasteiger partial charge < -0.3 is 14.8 Å². The topological polar surface area (TPSA) is 84.5 Å². The quantitative estimate of drug-likeness (QED) is 0.865. The molecule has 1 unspecified atom stereocenters. The molecule has 0 saturated carbocycles. The molecule has 6 nitrogen and oxygen atoms in total. The summed E-state index contributed by atoms with van der Waals surface area (Å²) in [5.74, 6) is -1.12. The molecular formula is C13H16N2O4. The normalized spacial score (nSPS) is 12.6. The molecule has 0 aliphatic heterocycles. The number of oxazole rings is 1. The van der Waals surface area contributed by atoms with Crippen molar-refractivity contribution in [3.05, 3.63) is 28.7 Å². The van der Waals surface area contributed by atoms with Crippen LogP contribution in [0.1, 0.15) is 13.3 Å². The third kappa shape index (κ3) is 2.53. The highest BCUT2D eigenvalue weighted by molar-refractivity contribution is 5.94. The minimum atomic E-state index is -0.444. The van der Waals surface area contributed by atoms with Crippen LogP contribution in [0, 0.1) is 5.92 Å². The van der Waals surface area contributed by atoms with Crippen LogP contribution in [0.15, 0.2) is 27.4 Å². The van der Waals surface area contributed by atoms with Crippen molar-refractivity contribution in [1.29, 1.82) is 0 Å². The summed E-state index contributed by atoms with van der Waals surface area (Å²) in [7, 11) is 1.62. The van der Waals surface area contributed by atoms with Crippen LogP contribution in [0.2, 0.25) is 0 Å². The lowest BCUT2D eigenvalue weighted by molar-refractivity contribution is -0.121. The van der Waals surface area contributed by atoms with E-state index in [1.807, 2.05) is 6.92 Å². The van der Waals surface area contributed by atoms with E-state index >= 15 is 0 Å². The Labute approximate surface area is 109 Å². The Morgan fingerprint density at radius 3 is 2.89 bits per heavy atom. The van der Waals surface area contributed by atoms with E-state index in [4.69, 9.17) is 9.52 Å². The zero-order valence-electron chi connectivity index (χ0n) is 10.8. The summed E-state index contributed by atoms with van der Waals surface area (Å²) in [5.41, 5.74) is 1.62. The van der Waals surface area contributed by atoms with E-state index in [0.29, 0.717) is 23.2 Å². The average Bonchev–Trinajstić information content (AvgIpc) is 2.66. The second kappa shape index (κ2) is 5.27. The van der Waals surface area contributed by atoms with Crippen LogP contribution >= 0.6 is 0 Å². The van der Waals surface area contributed by atoms with E-state index in [2.05, 4.69) is 5.32 Å². The smallest absolute Gasteiger partial charge is 0.408 e. The molecule has 1 atom stereocenters. The van der Waals surface area contributed by atoms with Gasteiger partial charge in [0.25, 0.3) is 0 Å². The number of carbonyl (C=O) groups excluding carboxylic acids is 1. The fourth-order valence-corrected chi connectivity index (χ4v) is 1.85. The van der Waals surface area contributed by atoms with Crippen molar-refractivity contribution in [2.45, 2.75) is 13.3 Å². The molecule has 2 rings (SSSR count). The fraction of sp³-hybridized carbons (Fsp3) is 0.385. The first kappa shape index (κ1) is 13.4. The fourth-order valence-electron chi connectivity index (χ4n) is 1.85. The van der Waals surface area contributed by atoms with Crippen LogP contribution in [0.25, 0.3) is 11.1 Å². The van der Waals surface area contributed by atoms with E-state index in [-0.39, 0.29) is 12.5 Å². The lowest BCUT2D eigenvalue weighted by Gasteiger charge is -2.11. The zero-order valence-corrected chi connectivity index (χ0v) is 10.8. The van der Waals surface area contributed by atoms with Gasteiger partial charge in [0.1, 0.15) is 0 Å². The maximum atomic E-state index is 11.8. The van der Waals surface area contributed by atoms with Crippen LogP contribution < -0.4 is 11.1 Å². The molecule has 102 valence electrons. The largest absolute Gasteiger partial charge is 0.419 e. The van der Waals surface area contributed by atoms with Crippen molar-refractivity contribution in [2.75, 3.05) is 11.9 Å². The van der Waals surface area contributed by atoms with Gasteiger partial charge in [0.05, 0.1) is 18.0 Å². The van der Waals surface area contributed by atoms with Gasteiger partial charge in [-0.05, 0) is 18.6 Å². The summed E-state index contributed by atoms with van der Waals surface area (Å²) in [6.07, 6.45) is 0.561. The molecule has 1 amide bonds. The SMILES string of the molecule is CCC(CO)C(=O)Nc1ccc2c(c1)oc(=O)n2C. The molecule has 2 aromatic rings. The molecule has 0 spiro atoms. The minimum Gasteiger partial charge on any atom is -0.408 e. The van der Waals surface area contributed by atoms with Crippen LogP contribution in [-0.4, -0.2) is 22.2 Å². The van der Waals surface area contributed by atoms with E-state index in [9.17, 15) is 9.59 Å². The van der Waals surface area contributed by atoms with E-state index in [0.717, 1.165) is 0 Å². The highest BCUT2D eigenvalue weighted by Gasteiger charge is 2.16. The molecule has 0 saturated heterocycles. The molecule has 6 heteroatoms. The zero-order chi connectivity index (χ0) is 14.0. The van der Waals surface area contributed by atoms with Crippen molar-refractivity contribution in [1.82, 2.24) is 4.57 Å². The van der Waals surface area contributed by atoms with Crippen molar-refractivity contribution in [2.24, 2.45) is 13.0 Å². The van der Waals surface area contributed by atoms with Crippen molar-refractivity contribution in [3.63, 3.8) is 0 Å². The van der Waals surface area contributed by atoms with Crippen LogP contribution in [-0.2, 0) is 11.8 Å². The number of nitrogens with zero attached hydrogens (tertiary/aromatic N) is 1. The number of fused-ring (bicyclic) bond motifs is 1. The number of aliphatic hydroxyl groups is 1. The van der Waals surface area contributed by atoms with Gasteiger partial charge in [0, 0.05) is 18.8 Å². The first-order valence-corrected chi connectivity index (χ1v) is 6.08. The Morgan fingerprint density at radius 1 is 1.53 bits per heavy atom. The maximum absolute atomic E-state index is 11.8. The standard InChI is InChI=1S/C13H16N2O4/c1-3-8(7-16)12(17)14-9-4-5-10-11(6-9)19-13(18)15(10)2/h4-6,8,16H,3,7H2,1-2H3,(H,14,17). The van der Waals surface area contributed by atoms with Crippen LogP contribution in [0.5, 0.6) is 0 Å². The molecule has 0 aliphatic rings. The molecule has 1 aromatic carbocycles. The second-order valence-corrected chi connectivity index (χ2v) is 4.39. The highest BCUT2D eigenvalue weighted by atomic mass is 16.4. The summed E-state index contributed by atoms with van der Waals surface area (Å²) in [5, 5.41) is 11.8. The Balaban J connectivity index is 2.27. The van der Waals surface area contributed by atoms with Crippen LogP contribution in [0.4, 0.5) is 5.69 Å². The van der Waals surface area contributed by atoms with E-state index < -0.39 is 11.7 Å². The molecule has 19 heavy (non-hydrogen) atoms. The Bertz CT molecular complexity index is 652. The Morgan fingerprint density at radius 2 is 2.26 bits per heavy atom. The Hall–Kier alpha value is -2.08. The lowest BCUT2D eigenvalue weighted by Crippen LogP contribution is -2.24. The molecule has 1 heterocycles. The van der Waals surface area contributed by atoms with Gasteiger partial charge in [-0.2, -0.15) is 0 Å². The van der Waals surface area contributed by atoms with Gasteiger partial charge in [-0.3, -0.25) is 9.36 Å². The number of carbonyl (C=O) groups is 1. The van der Waals surface area contributed by atoms with Gasteiger partial charge >= 0.3 is 5.76 Å². The summed E-state index contributed by atoms with van der Waals surface area (Å²) in [6.45, 7) is 1.64. The molecule has 0 aliphatic carbocycles. The molecule has 0 radical (unpaired) electrons. The van der Waals surface area contributed by atoms with Crippen molar-refractivity contribution >= 4 is 22.7 Å². The first-order chi connectivity index (χ1) is 9.06. The first-order valence-electron chi connectivity index (χ1n) is 6.08. The number of anilines is 1. The molecule has 2 N–H and O–H groups in total. The summed E-state index contributed by atoms with van der Waals surface area (Å²) >= 11 is 0. The highest BCUT2D eigenvalue weighted by Crippen LogP contribution is 2.18. The molecular weight excluding hydrogens is 248 g/mol. The third-order valence-corrected chi connectivity index (χ3v) is 3.14. The van der Waals surface area contributed by atoms with Gasteiger partial charge in [-0.15, -0.1) is 0 Å². The molecule has 1 aromatic heterocycles. The number of hydrogen-bond donors (Lipinski definition) is 2. The second-order valence-electron chi connectivity index (χ2n) is 4.39. The van der Waals surface area contributed by atoms with Crippen molar-refractivity contribution in [3.8, 4) is 0 Å². The number of aryl methyl sites for hydroxylation is 1. The summed E-state index contributed by atoms with van der Waals surface area (Å²) in [4.78, 5) is 23.2. The molecule has 0 bridgehead atoms. The Kier molecular flexibility index (Phi) is 3.71. The van der Waals surface area contributed by atoms with Gasteiger partial charge in [0.15, 0.2) is 5.58 Å². The maximum Gasteiger partial charge on any atom is 0.419 e. The third-order valence-electron chi connectivity index (χ3n) is 3.14. The van der Waals surface area contributed by atoms with E-state index in [1.165, 1.54) is 4.57 Å². The predicted octanol–water partition coefficient (Wildman–Crippen LogP) is 1.09. The minimum absolute atomic E-state index is 0.189. The number of rotatable bonds is 4. The van der Waals surface area contributed by atoms with Crippen LogP contribution in [0.3, 0.4) is 0 Å². The lowest BCUT2D eigenvalue weighted by atomic mass is 10.1. The van der Waals surface area contributed by atoms with Gasteiger partial charge in [-0.25, -0.2) is 4.79 Å². The summed E-state index contributed by atoms with van der Waals surface area (Å²) < 4.78 is 6.43. The monoisotopic (exact) mass is 264 g/mol. The van der Waals surface area contributed by atoms with E-state index in [1.54, 1.807) is 25.2 Å². The number of amides is 1.